The fourth-order valence-electron chi connectivity index (χ4n) is 3.08. The fraction of sp³-hybridized carbons (Fsp3) is 0. The van der Waals surface area contributed by atoms with Gasteiger partial charge in [0, 0.05) is 5.56 Å². The van der Waals surface area contributed by atoms with E-state index < -0.39 is 17.4 Å². The first-order valence-corrected chi connectivity index (χ1v) is 9.38. The fourth-order valence-corrected chi connectivity index (χ4v) is 4.28. The van der Waals surface area contributed by atoms with E-state index in [0.717, 1.165) is 16.2 Å². The van der Waals surface area contributed by atoms with Gasteiger partial charge in [0.2, 0.25) is 4.96 Å². The molecule has 9 heteroatoms. The largest absolute Gasteiger partial charge is 0.300 e. The van der Waals surface area contributed by atoms with Crippen molar-refractivity contribution in [3.05, 3.63) is 80.5 Å². The lowest BCUT2D eigenvalue weighted by Gasteiger charge is -2.15. The average Bonchev–Trinajstić information content (AvgIpc) is 3.18. The molecule has 2 amide bonds. The molecule has 2 aromatic heterocycles. The summed E-state index contributed by atoms with van der Waals surface area (Å²) in [5.74, 6) is -1.07. The van der Waals surface area contributed by atoms with E-state index in [1.165, 1.54) is 4.52 Å². The van der Waals surface area contributed by atoms with Crippen LogP contribution in [-0.4, -0.2) is 26.4 Å². The van der Waals surface area contributed by atoms with Gasteiger partial charge < -0.3 is 0 Å². The quantitative estimate of drug-likeness (QED) is 0.475. The molecule has 0 radical (unpaired) electrons. The monoisotopic (exact) mass is 408 g/mol. The molecule has 136 valence electrons. The summed E-state index contributed by atoms with van der Waals surface area (Å²) in [4.78, 5) is 43.7. The van der Waals surface area contributed by atoms with Crippen LogP contribution < -0.4 is 10.5 Å². The van der Waals surface area contributed by atoms with E-state index in [4.69, 9.17) is 11.6 Å². The van der Waals surface area contributed by atoms with Crippen LogP contribution in [0.4, 0.5) is 5.69 Å². The maximum absolute atomic E-state index is 13.1. The van der Waals surface area contributed by atoms with E-state index in [2.05, 4.69) is 10.1 Å². The molecule has 7 nitrogen and oxygen atoms in total. The van der Waals surface area contributed by atoms with Crippen LogP contribution in [0.15, 0.2) is 59.4 Å². The summed E-state index contributed by atoms with van der Waals surface area (Å²) >= 11 is 7.13. The summed E-state index contributed by atoms with van der Waals surface area (Å²) in [6.07, 6.45) is 0. The van der Waals surface area contributed by atoms with E-state index in [9.17, 15) is 14.4 Å². The topological polar surface area (TPSA) is 84.6 Å². The van der Waals surface area contributed by atoms with Gasteiger partial charge in [-0.2, -0.15) is 14.6 Å². The number of rotatable bonds is 2. The van der Waals surface area contributed by atoms with Crippen LogP contribution in [0.25, 0.3) is 16.2 Å². The number of halogens is 1. The number of fused-ring (bicyclic) bond motifs is 3. The molecule has 0 bridgehead atoms. The highest BCUT2D eigenvalue weighted by Gasteiger charge is 2.42. The molecule has 1 aliphatic heterocycles. The predicted molar refractivity (Wildman–Crippen MR) is 105 cm³/mol. The number of carbonyl (C=O) groups excluding carboxylic acids is 2. The third-order valence-corrected chi connectivity index (χ3v) is 5.68. The van der Waals surface area contributed by atoms with Crippen LogP contribution in [0.5, 0.6) is 0 Å². The van der Waals surface area contributed by atoms with E-state index in [-0.39, 0.29) is 26.2 Å². The molecule has 0 saturated carbocycles. The van der Waals surface area contributed by atoms with Crippen LogP contribution in [0, 0.1) is 0 Å². The van der Waals surface area contributed by atoms with Gasteiger partial charge in [0.25, 0.3) is 11.8 Å². The first-order chi connectivity index (χ1) is 13.6. The van der Waals surface area contributed by atoms with Crippen molar-refractivity contribution in [2.24, 2.45) is 0 Å². The molecule has 0 N–H and O–H groups in total. The molecular formula is C19H9ClN4O3S. The summed E-state index contributed by atoms with van der Waals surface area (Å²) in [5, 5.41) is 4.62. The Kier molecular flexibility index (Phi) is 3.65. The second-order valence-electron chi connectivity index (χ2n) is 6.00. The number of anilines is 1. The zero-order valence-electron chi connectivity index (χ0n) is 14.0. The number of amides is 2. The first-order valence-electron chi connectivity index (χ1n) is 8.19. The molecule has 28 heavy (non-hydrogen) atoms. The molecule has 0 aliphatic carbocycles. The highest BCUT2D eigenvalue weighted by molar-refractivity contribution is 7.19. The van der Waals surface area contributed by atoms with Crippen LogP contribution in [0.3, 0.4) is 0 Å². The lowest BCUT2D eigenvalue weighted by molar-refractivity contribution is 0.0924. The number of imide groups is 1. The first kappa shape index (κ1) is 16.8. The average molecular weight is 409 g/mol. The number of carbonyl (C=O) groups is 2. The summed E-state index contributed by atoms with van der Waals surface area (Å²) in [5.41, 5.74) is 0.542. The molecule has 2 aromatic carbocycles. The van der Waals surface area contributed by atoms with Crippen molar-refractivity contribution in [3.8, 4) is 11.3 Å². The molecule has 0 spiro atoms. The Morgan fingerprint density at radius 1 is 0.893 bits per heavy atom. The minimum absolute atomic E-state index is 0.0783. The summed E-state index contributed by atoms with van der Waals surface area (Å²) in [6, 6.07) is 15.4. The molecule has 0 unspecified atom stereocenters. The lowest BCUT2D eigenvalue weighted by atomic mass is 10.2. The Balaban J connectivity index is 1.72. The normalized spacial score (nSPS) is 13.4. The molecule has 3 heterocycles. The number of thiazole rings is 1. The van der Waals surface area contributed by atoms with Crippen molar-refractivity contribution in [1.82, 2.24) is 14.6 Å². The van der Waals surface area contributed by atoms with Crippen molar-refractivity contribution in [2.45, 2.75) is 0 Å². The number of hydrogen-bond acceptors (Lipinski definition) is 6. The van der Waals surface area contributed by atoms with Gasteiger partial charge in [-0.05, 0) is 12.1 Å². The summed E-state index contributed by atoms with van der Waals surface area (Å²) in [7, 11) is 0. The second kappa shape index (κ2) is 6.08. The molecule has 0 saturated heterocycles. The van der Waals surface area contributed by atoms with E-state index in [0.29, 0.717) is 11.3 Å². The van der Waals surface area contributed by atoms with Gasteiger partial charge in [-0.15, -0.1) is 0 Å². The maximum Gasteiger partial charge on any atom is 0.300 e. The van der Waals surface area contributed by atoms with Crippen molar-refractivity contribution in [3.63, 3.8) is 0 Å². The Morgan fingerprint density at radius 2 is 1.61 bits per heavy atom. The SMILES string of the molecule is O=C1c2sc3nc(=O)c(-c4ccccc4)nn3c2C(=O)N1c1ccccc1Cl. The number of benzene rings is 2. The van der Waals surface area contributed by atoms with Gasteiger partial charge in [0.15, 0.2) is 11.4 Å². The summed E-state index contributed by atoms with van der Waals surface area (Å²) < 4.78 is 1.26. The second-order valence-corrected chi connectivity index (χ2v) is 7.39. The van der Waals surface area contributed by atoms with Gasteiger partial charge >= 0.3 is 5.56 Å². The van der Waals surface area contributed by atoms with Crippen LogP contribution >= 0.6 is 22.9 Å². The van der Waals surface area contributed by atoms with Crippen molar-refractivity contribution >= 4 is 45.4 Å². The van der Waals surface area contributed by atoms with Crippen LogP contribution in [0.1, 0.15) is 20.2 Å². The predicted octanol–water partition coefficient (Wildman–Crippen LogP) is 3.27. The van der Waals surface area contributed by atoms with Crippen molar-refractivity contribution in [1.29, 1.82) is 0 Å². The Morgan fingerprint density at radius 3 is 2.36 bits per heavy atom. The molecule has 0 atom stereocenters. The number of aromatic nitrogens is 3. The molecule has 4 aromatic rings. The van der Waals surface area contributed by atoms with Crippen molar-refractivity contribution in [2.75, 3.05) is 4.90 Å². The summed E-state index contributed by atoms with van der Waals surface area (Å²) in [6.45, 7) is 0. The van der Waals surface area contributed by atoms with Gasteiger partial charge in [-0.25, -0.2) is 4.90 Å². The number of nitrogens with zero attached hydrogens (tertiary/aromatic N) is 4. The zero-order valence-corrected chi connectivity index (χ0v) is 15.6. The third kappa shape index (κ3) is 2.32. The Labute approximate surface area is 166 Å². The van der Waals surface area contributed by atoms with Crippen LogP contribution in [0.2, 0.25) is 5.02 Å². The van der Waals surface area contributed by atoms with Gasteiger partial charge in [0.05, 0.1) is 10.7 Å². The highest BCUT2D eigenvalue weighted by Crippen LogP contribution is 2.36. The van der Waals surface area contributed by atoms with Crippen molar-refractivity contribution < 1.29 is 9.59 Å². The van der Waals surface area contributed by atoms with Gasteiger partial charge in [0.1, 0.15) is 4.88 Å². The maximum atomic E-state index is 13.1. The standard InChI is InChI=1S/C19H9ClN4O3S/c20-11-8-4-5-9-12(11)23-17(26)14-15(18(23)27)28-19-21-16(25)13(22-24(14)19)10-6-2-1-3-7-10/h1-9H. The highest BCUT2D eigenvalue weighted by atomic mass is 35.5. The van der Waals surface area contributed by atoms with Gasteiger partial charge in [-0.3, -0.25) is 14.4 Å². The molecule has 5 rings (SSSR count). The molecule has 0 fully saturated rings. The molecule has 1 aliphatic rings. The van der Waals surface area contributed by atoms with E-state index in [1.807, 2.05) is 6.07 Å². The Bertz CT molecular complexity index is 1350. The van der Waals surface area contributed by atoms with Gasteiger partial charge in [-0.1, -0.05) is 65.4 Å². The zero-order chi connectivity index (χ0) is 19.4. The minimum Gasteiger partial charge on any atom is -0.267 e. The van der Waals surface area contributed by atoms with E-state index >= 15 is 0 Å². The smallest absolute Gasteiger partial charge is 0.267 e. The number of hydrogen-bond donors (Lipinski definition) is 0. The minimum atomic E-state index is -0.559. The van der Waals surface area contributed by atoms with E-state index in [1.54, 1.807) is 48.5 Å². The third-order valence-electron chi connectivity index (χ3n) is 4.34. The van der Waals surface area contributed by atoms with Crippen LogP contribution in [-0.2, 0) is 0 Å². The number of para-hydroxylation sites is 1. The lowest BCUT2D eigenvalue weighted by Crippen LogP contribution is -2.30. The molecular weight excluding hydrogens is 400 g/mol. The Hall–Kier alpha value is -3.36.